The molecule has 0 amide bonds. The quantitative estimate of drug-likeness (QED) is 0.239. The Labute approximate surface area is 218 Å². The molecule has 0 aromatic heterocycles. The summed E-state index contributed by atoms with van der Waals surface area (Å²) in [6, 6.07) is 41.3. The van der Waals surface area contributed by atoms with E-state index in [4.69, 9.17) is 0 Å². The molecule has 0 saturated heterocycles. The molecule has 6 aromatic rings. The van der Waals surface area contributed by atoms with Gasteiger partial charge in [0, 0.05) is 0 Å². The Balaban J connectivity index is 1.03. The molecule has 0 unspecified atom stereocenters. The smallest absolute Gasteiger partial charge is 0.00131 e. The average molecular weight is 473 g/mol. The first kappa shape index (κ1) is 21.0. The fourth-order valence-electron chi connectivity index (χ4n) is 6.91. The summed E-state index contributed by atoms with van der Waals surface area (Å²) in [5, 5.41) is 5.60. The maximum atomic E-state index is 2.47. The highest BCUT2D eigenvalue weighted by Gasteiger charge is 2.19. The summed E-state index contributed by atoms with van der Waals surface area (Å²) in [6.45, 7) is 0. The van der Waals surface area contributed by atoms with Crippen molar-refractivity contribution in [3.05, 3.63) is 143 Å². The van der Waals surface area contributed by atoms with Crippen LogP contribution >= 0.6 is 0 Å². The van der Waals surface area contributed by atoms with Crippen molar-refractivity contribution in [2.75, 3.05) is 0 Å². The predicted molar refractivity (Wildman–Crippen MR) is 156 cm³/mol. The van der Waals surface area contributed by atoms with E-state index in [0.717, 1.165) is 25.7 Å². The van der Waals surface area contributed by atoms with Gasteiger partial charge in [-0.2, -0.15) is 0 Å². The Morgan fingerprint density at radius 2 is 0.865 bits per heavy atom. The third-order valence-corrected chi connectivity index (χ3v) is 8.59. The first-order chi connectivity index (χ1) is 18.3. The van der Waals surface area contributed by atoms with Crippen LogP contribution in [0.2, 0.25) is 0 Å². The van der Waals surface area contributed by atoms with Crippen molar-refractivity contribution in [3.63, 3.8) is 0 Å². The molecule has 6 aromatic carbocycles. The van der Waals surface area contributed by atoms with E-state index in [-0.39, 0.29) is 0 Å². The summed E-state index contributed by atoms with van der Waals surface area (Å²) in [5.74, 6) is 0. The lowest BCUT2D eigenvalue weighted by molar-refractivity contribution is 0.818. The lowest BCUT2D eigenvalue weighted by Crippen LogP contribution is -2.03. The summed E-state index contributed by atoms with van der Waals surface area (Å²) in [6.07, 6.45) is 5.50. The van der Waals surface area contributed by atoms with Gasteiger partial charge in [0.05, 0.1) is 0 Å². The average Bonchev–Trinajstić information content (AvgIpc) is 2.93. The number of aryl methyl sites for hydroxylation is 2. The van der Waals surface area contributed by atoms with Gasteiger partial charge in [-0.15, -0.1) is 0 Å². The zero-order valence-corrected chi connectivity index (χ0v) is 20.9. The molecule has 176 valence electrons. The van der Waals surface area contributed by atoms with Crippen LogP contribution in [0.15, 0.2) is 109 Å². The number of fused-ring (bicyclic) bond motifs is 4. The number of rotatable bonds is 4. The molecule has 0 spiro atoms. The van der Waals surface area contributed by atoms with Crippen molar-refractivity contribution in [2.45, 2.75) is 32.1 Å². The lowest BCUT2D eigenvalue weighted by atomic mass is 9.82. The number of hydrogen-bond donors (Lipinski definition) is 0. The second kappa shape index (κ2) is 8.18. The molecule has 0 heterocycles. The van der Waals surface area contributed by atoms with E-state index in [1.165, 1.54) is 83.6 Å². The van der Waals surface area contributed by atoms with Gasteiger partial charge in [-0.3, -0.25) is 0 Å². The van der Waals surface area contributed by atoms with Crippen LogP contribution in [0.1, 0.15) is 39.8 Å². The van der Waals surface area contributed by atoms with Crippen LogP contribution < -0.4 is 0 Å². The molecular formula is C37H28. The molecule has 0 fully saturated rings. The van der Waals surface area contributed by atoms with Gasteiger partial charge in [-0.1, -0.05) is 109 Å². The van der Waals surface area contributed by atoms with E-state index in [2.05, 4.69) is 109 Å². The number of hydrogen-bond acceptors (Lipinski definition) is 0. The normalized spacial score (nSPS) is 13.0. The van der Waals surface area contributed by atoms with Crippen LogP contribution in [0, 0.1) is 0 Å². The van der Waals surface area contributed by atoms with Crippen molar-refractivity contribution in [1.82, 2.24) is 0 Å². The zero-order valence-electron chi connectivity index (χ0n) is 20.9. The molecule has 0 atom stereocenters. The summed E-state index contributed by atoms with van der Waals surface area (Å²) in [5.41, 5.74) is 14.4. The molecule has 8 rings (SSSR count). The Hall–Kier alpha value is -4.16. The second-order valence-corrected chi connectivity index (χ2v) is 10.8. The molecule has 0 saturated carbocycles. The fourth-order valence-corrected chi connectivity index (χ4v) is 6.91. The number of benzene rings is 6. The summed E-state index contributed by atoms with van der Waals surface area (Å²) in [4.78, 5) is 0. The van der Waals surface area contributed by atoms with E-state index >= 15 is 0 Å². The van der Waals surface area contributed by atoms with Gasteiger partial charge in [0.25, 0.3) is 0 Å². The van der Waals surface area contributed by atoms with E-state index in [9.17, 15) is 0 Å². The standard InChI is InChI=1S/C37H28/c1(6-24-16-18-32-30(20-24)22-28-12-2-8-26-10-4-14-34(32)36(26)28)7-25-17-19-33-31(21-25)23-29-13-3-9-27-11-5-15-35(33)37(27)29/h2-5,8-21H,1,6-7,22-23H2. The third-order valence-electron chi connectivity index (χ3n) is 8.59. The van der Waals surface area contributed by atoms with Gasteiger partial charge in [-0.05, 0) is 109 Å². The van der Waals surface area contributed by atoms with Crippen molar-refractivity contribution >= 4 is 21.5 Å². The minimum absolute atomic E-state index is 1.04. The first-order valence-electron chi connectivity index (χ1n) is 13.6. The molecule has 0 N–H and O–H groups in total. The molecule has 0 aliphatic heterocycles. The predicted octanol–water partition coefficient (Wildman–Crippen LogP) is 9.31. The molecule has 37 heavy (non-hydrogen) atoms. The molecule has 2 aliphatic carbocycles. The Kier molecular flexibility index (Phi) is 4.64. The molecular weight excluding hydrogens is 444 g/mol. The summed E-state index contributed by atoms with van der Waals surface area (Å²) in [7, 11) is 0. The van der Waals surface area contributed by atoms with E-state index < -0.39 is 0 Å². The first-order valence-corrected chi connectivity index (χ1v) is 13.6. The minimum Gasteiger partial charge on any atom is -0.0613 e. The third kappa shape index (κ3) is 3.36. The van der Waals surface area contributed by atoms with E-state index in [0.29, 0.717) is 0 Å². The summed E-state index contributed by atoms with van der Waals surface area (Å²) >= 11 is 0. The monoisotopic (exact) mass is 472 g/mol. The molecule has 0 bridgehead atoms. The Morgan fingerprint density at radius 3 is 1.35 bits per heavy atom. The fraction of sp³-hybridized carbons (Fsp3) is 0.135. The largest absolute Gasteiger partial charge is 0.0613 e. The maximum absolute atomic E-state index is 2.47. The van der Waals surface area contributed by atoms with Gasteiger partial charge >= 0.3 is 0 Å². The van der Waals surface area contributed by atoms with Crippen molar-refractivity contribution in [3.8, 4) is 22.3 Å². The van der Waals surface area contributed by atoms with Gasteiger partial charge in [0.2, 0.25) is 0 Å². The molecule has 0 heteroatoms. The van der Waals surface area contributed by atoms with Crippen LogP contribution in [0.25, 0.3) is 43.8 Å². The molecule has 2 aliphatic rings. The molecule has 0 nitrogen and oxygen atoms in total. The minimum atomic E-state index is 1.04. The van der Waals surface area contributed by atoms with Crippen molar-refractivity contribution in [2.24, 2.45) is 0 Å². The van der Waals surface area contributed by atoms with Crippen LogP contribution in [0.3, 0.4) is 0 Å². The lowest BCUT2D eigenvalue weighted by Gasteiger charge is -2.22. The maximum Gasteiger partial charge on any atom is -0.00131 e. The van der Waals surface area contributed by atoms with Gasteiger partial charge in [0.1, 0.15) is 0 Å². The van der Waals surface area contributed by atoms with Gasteiger partial charge in [0.15, 0.2) is 0 Å². The van der Waals surface area contributed by atoms with Crippen LogP contribution in [-0.4, -0.2) is 0 Å². The topological polar surface area (TPSA) is 0 Å². The highest BCUT2D eigenvalue weighted by Crippen LogP contribution is 2.41. The molecule has 0 radical (unpaired) electrons. The zero-order chi connectivity index (χ0) is 24.3. The second-order valence-electron chi connectivity index (χ2n) is 10.8. The van der Waals surface area contributed by atoms with Crippen LogP contribution in [0.5, 0.6) is 0 Å². The van der Waals surface area contributed by atoms with Gasteiger partial charge in [-0.25, -0.2) is 0 Å². The SMILES string of the molecule is c1cc2c3c(cccc3c1)-c1ccc(CCCc3ccc4c(c3)Cc3cccc5cccc-4c35)cc1C2. The Bertz CT molecular complexity index is 1710. The van der Waals surface area contributed by atoms with E-state index in [1.54, 1.807) is 0 Å². The van der Waals surface area contributed by atoms with E-state index in [1.807, 2.05) is 0 Å². The Morgan fingerprint density at radius 1 is 0.405 bits per heavy atom. The highest BCUT2D eigenvalue weighted by molar-refractivity contribution is 6.02. The van der Waals surface area contributed by atoms with Crippen molar-refractivity contribution < 1.29 is 0 Å². The highest BCUT2D eigenvalue weighted by atomic mass is 14.2. The van der Waals surface area contributed by atoms with Crippen LogP contribution in [0.4, 0.5) is 0 Å². The van der Waals surface area contributed by atoms with Gasteiger partial charge < -0.3 is 0 Å². The summed E-state index contributed by atoms with van der Waals surface area (Å²) < 4.78 is 0. The van der Waals surface area contributed by atoms with Crippen LogP contribution in [-0.2, 0) is 25.7 Å². The van der Waals surface area contributed by atoms with Crippen molar-refractivity contribution in [1.29, 1.82) is 0 Å².